The number of nitrogens with zero attached hydrogens (tertiary/aromatic N) is 1. The molecule has 0 radical (unpaired) electrons. The van der Waals surface area contributed by atoms with Gasteiger partial charge in [-0.2, -0.15) is 0 Å². The number of carbonyl (C=O) groups is 1. The van der Waals surface area contributed by atoms with Crippen molar-refractivity contribution in [1.82, 2.24) is 10.3 Å². The highest BCUT2D eigenvalue weighted by Crippen LogP contribution is 2.26. The molecule has 4 heteroatoms. The summed E-state index contributed by atoms with van der Waals surface area (Å²) in [5.41, 5.74) is 4.68. The molecule has 0 fully saturated rings. The molecule has 0 atom stereocenters. The van der Waals surface area contributed by atoms with Crippen LogP contribution in [-0.4, -0.2) is 24.0 Å². The van der Waals surface area contributed by atoms with Crippen molar-refractivity contribution < 1.29 is 4.79 Å². The van der Waals surface area contributed by atoms with Gasteiger partial charge in [0.2, 0.25) is 5.91 Å². The van der Waals surface area contributed by atoms with Gasteiger partial charge in [-0.1, -0.05) is 30.3 Å². The Morgan fingerprint density at radius 1 is 1.12 bits per heavy atom. The highest BCUT2D eigenvalue weighted by Gasteiger charge is 2.21. The van der Waals surface area contributed by atoms with Gasteiger partial charge in [-0.25, -0.2) is 0 Å². The highest BCUT2D eigenvalue weighted by molar-refractivity contribution is 5.96. The topological polar surface area (TPSA) is 48.1 Å². The van der Waals surface area contributed by atoms with Gasteiger partial charge < -0.3 is 15.2 Å². The maximum absolute atomic E-state index is 12.6. The molecule has 0 unspecified atom stereocenters. The summed E-state index contributed by atoms with van der Waals surface area (Å²) < 4.78 is 0. The number of benzene rings is 2. The molecular formula is C20H21N3O. The van der Waals surface area contributed by atoms with Crippen molar-refractivity contribution in [2.45, 2.75) is 19.4 Å². The van der Waals surface area contributed by atoms with Crippen molar-refractivity contribution in [2.24, 2.45) is 0 Å². The van der Waals surface area contributed by atoms with Crippen LogP contribution in [0.25, 0.3) is 10.9 Å². The van der Waals surface area contributed by atoms with E-state index < -0.39 is 0 Å². The fraction of sp³-hybridized carbons (Fsp3) is 0.250. The third kappa shape index (κ3) is 2.81. The van der Waals surface area contributed by atoms with Gasteiger partial charge >= 0.3 is 0 Å². The minimum atomic E-state index is 0.142. The minimum absolute atomic E-state index is 0.142. The summed E-state index contributed by atoms with van der Waals surface area (Å²) in [5.74, 6) is 0.142. The van der Waals surface area contributed by atoms with Crippen LogP contribution in [0.2, 0.25) is 0 Å². The number of aromatic nitrogens is 1. The van der Waals surface area contributed by atoms with Gasteiger partial charge in [-0.3, -0.25) is 4.79 Å². The fourth-order valence-electron chi connectivity index (χ4n) is 3.50. The van der Waals surface area contributed by atoms with Gasteiger partial charge in [0.25, 0.3) is 0 Å². The molecule has 1 aromatic heterocycles. The predicted octanol–water partition coefficient (Wildman–Crippen LogP) is 3.24. The number of rotatable bonds is 4. The molecule has 1 amide bonds. The SMILES string of the molecule is O=C(CNCc1cccc2[nH]ccc12)N1CCCc2ccccc21. The second-order valence-corrected chi connectivity index (χ2v) is 6.24. The van der Waals surface area contributed by atoms with E-state index in [0.29, 0.717) is 13.1 Å². The molecule has 0 saturated carbocycles. The summed E-state index contributed by atoms with van der Waals surface area (Å²) in [6.07, 6.45) is 4.04. The molecule has 122 valence electrons. The quantitative estimate of drug-likeness (QED) is 0.775. The molecule has 1 aliphatic rings. The molecule has 3 aromatic rings. The van der Waals surface area contributed by atoms with Gasteiger partial charge in [-0.05, 0) is 42.2 Å². The first kappa shape index (κ1) is 15.0. The Morgan fingerprint density at radius 3 is 3.00 bits per heavy atom. The van der Waals surface area contributed by atoms with Crippen LogP contribution < -0.4 is 10.2 Å². The Kier molecular flexibility index (Phi) is 4.05. The molecule has 2 aromatic carbocycles. The van der Waals surface area contributed by atoms with Crippen molar-refractivity contribution in [3.63, 3.8) is 0 Å². The normalized spacial score (nSPS) is 13.9. The van der Waals surface area contributed by atoms with Gasteiger partial charge in [-0.15, -0.1) is 0 Å². The van der Waals surface area contributed by atoms with Crippen LogP contribution in [0.4, 0.5) is 5.69 Å². The Labute approximate surface area is 141 Å². The summed E-state index contributed by atoms with van der Waals surface area (Å²) in [5, 5.41) is 4.52. The van der Waals surface area contributed by atoms with Gasteiger partial charge in [0.1, 0.15) is 0 Å². The maximum atomic E-state index is 12.6. The first-order valence-electron chi connectivity index (χ1n) is 8.47. The number of amides is 1. The number of hydrogen-bond acceptors (Lipinski definition) is 2. The largest absolute Gasteiger partial charge is 0.361 e. The first-order valence-corrected chi connectivity index (χ1v) is 8.47. The summed E-state index contributed by atoms with van der Waals surface area (Å²) in [7, 11) is 0. The molecule has 2 heterocycles. The van der Waals surface area contributed by atoms with Crippen molar-refractivity contribution in [1.29, 1.82) is 0 Å². The number of carbonyl (C=O) groups excluding carboxylic acids is 1. The average Bonchev–Trinajstić information content (AvgIpc) is 3.11. The Balaban J connectivity index is 1.42. The number of nitrogens with one attached hydrogen (secondary N) is 2. The fourth-order valence-corrected chi connectivity index (χ4v) is 3.50. The second kappa shape index (κ2) is 6.49. The second-order valence-electron chi connectivity index (χ2n) is 6.24. The maximum Gasteiger partial charge on any atom is 0.240 e. The van der Waals surface area contributed by atoms with E-state index in [1.54, 1.807) is 0 Å². The molecule has 2 N–H and O–H groups in total. The summed E-state index contributed by atoms with van der Waals surface area (Å²) in [6, 6.07) is 16.5. The smallest absolute Gasteiger partial charge is 0.240 e. The number of H-pyrrole nitrogens is 1. The summed E-state index contributed by atoms with van der Waals surface area (Å²) in [4.78, 5) is 17.8. The van der Waals surface area contributed by atoms with Crippen LogP contribution in [-0.2, 0) is 17.8 Å². The van der Waals surface area contributed by atoms with E-state index in [1.165, 1.54) is 16.5 Å². The van der Waals surface area contributed by atoms with Crippen molar-refractivity contribution in [3.05, 3.63) is 65.9 Å². The van der Waals surface area contributed by atoms with Crippen LogP contribution in [0.5, 0.6) is 0 Å². The summed E-state index contributed by atoms with van der Waals surface area (Å²) >= 11 is 0. The zero-order valence-electron chi connectivity index (χ0n) is 13.6. The number of hydrogen-bond donors (Lipinski definition) is 2. The molecule has 0 bridgehead atoms. The lowest BCUT2D eigenvalue weighted by atomic mass is 10.0. The van der Waals surface area contributed by atoms with E-state index in [2.05, 4.69) is 34.6 Å². The van der Waals surface area contributed by atoms with Crippen molar-refractivity contribution in [2.75, 3.05) is 18.0 Å². The number of anilines is 1. The molecule has 1 aliphatic heterocycles. The first-order chi connectivity index (χ1) is 11.8. The molecule has 4 nitrogen and oxygen atoms in total. The standard InChI is InChI=1S/C20H21N3O/c24-20(23-12-4-7-15-5-1-2-9-19(15)23)14-21-13-16-6-3-8-18-17(16)10-11-22-18/h1-3,5-6,8-11,21-22H,4,7,12-14H2. The third-order valence-electron chi connectivity index (χ3n) is 4.69. The predicted molar refractivity (Wildman–Crippen MR) is 97.1 cm³/mol. The Bertz CT molecular complexity index is 868. The van der Waals surface area contributed by atoms with Crippen molar-refractivity contribution in [3.8, 4) is 0 Å². The van der Waals surface area contributed by atoms with Crippen LogP contribution in [0, 0.1) is 0 Å². The molecular weight excluding hydrogens is 298 g/mol. The third-order valence-corrected chi connectivity index (χ3v) is 4.69. The van der Waals surface area contributed by atoms with E-state index in [0.717, 1.165) is 30.6 Å². The zero-order chi connectivity index (χ0) is 16.4. The van der Waals surface area contributed by atoms with Gasteiger partial charge in [0.15, 0.2) is 0 Å². The number of para-hydroxylation sites is 1. The van der Waals surface area contributed by atoms with Crippen molar-refractivity contribution >= 4 is 22.5 Å². The van der Waals surface area contributed by atoms with E-state index >= 15 is 0 Å². The highest BCUT2D eigenvalue weighted by atomic mass is 16.2. The number of fused-ring (bicyclic) bond motifs is 2. The van der Waals surface area contributed by atoms with Crippen LogP contribution in [0.3, 0.4) is 0 Å². The summed E-state index contributed by atoms with van der Waals surface area (Å²) in [6.45, 7) is 1.86. The minimum Gasteiger partial charge on any atom is -0.361 e. The molecule has 0 spiro atoms. The lowest BCUT2D eigenvalue weighted by Crippen LogP contribution is -2.41. The van der Waals surface area contributed by atoms with Crippen LogP contribution in [0.15, 0.2) is 54.7 Å². The number of aryl methyl sites for hydroxylation is 1. The van der Waals surface area contributed by atoms with E-state index in [4.69, 9.17) is 0 Å². The molecule has 24 heavy (non-hydrogen) atoms. The van der Waals surface area contributed by atoms with Crippen LogP contribution in [0.1, 0.15) is 17.5 Å². The lowest BCUT2D eigenvalue weighted by Gasteiger charge is -2.29. The molecule has 4 rings (SSSR count). The lowest BCUT2D eigenvalue weighted by molar-refractivity contribution is -0.117. The monoisotopic (exact) mass is 319 g/mol. The molecule has 0 saturated heterocycles. The van der Waals surface area contributed by atoms with E-state index in [9.17, 15) is 4.79 Å². The average molecular weight is 319 g/mol. The van der Waals surface area contributed by atoms with Crippen LogP contribution >= 0.6 is 0 Å². The molecule has 0 aliphatic carbocycles. The number of aromatic amines is 1. The van der Waals surface area contributed by atoms with Gasteiger partial charge in [0.05, 0.1) is 6.54 Å². The van der Waals surface area contributed by atoms with Gasteiger partial charge in [0, 0.05) is 35.9 Å². The van der Waals surface area contributed by atoms with E-state index in [-0.39, 0.29) is 5.91 Å². The zero-order valence-corrected chi connectivity index (χ0v) is 13.6. The Hall–Kier alpha value is -2.59. The Morgan fingerprint density at radius 2 is 2.04 bits per heavy atom. The van der Waals surface area contributed by atoms with E-state index in [1.807, 2.05) is 35.4 Å².